The fraction of sp³-hybridized carbons (Fsp3) is 0.533. The molecule has 0 bridgehead atoms. The topological polar surface area (TPSA) is 64.6 Å². The molecule has 6 heteroatoms. The number of carbonyl (C=O) groups is 2. The lowest BCUT2D eigenvalue weighted by Gasteiger charge is -2.30. The van der Waals surface area contributed by atoms with Gasteiger partial charge in [-0.3, -0.25) is 4.79 Å². The summed E-state index contributed by atoms with van der Waals surface area (Å²) in [6, 6.07) is 12.2. The van der Waals surface area contributed by atoms with Gasteiger partial charge >= 0.3 is 5.97 Å². The van der Waals surface area contributed by atoms with E-state index in [2.05, 4.69) is 17.4 Å². The summed E-state index contributed by atoms with van der Waals surface area (Å²) in [5.74, 6) is 0.882. The van der Waals surface area contributed by atoms with Crippen molar-refractivity contribution in [1.29, 1.82) is 0 Å². The van der Waals surface area contributed by atoms with Crippen LogP contribution in [0.1, 0.15) is 68.1 Å². The summed E-state index contributed by atoms with van der Waals surface area (Å²) in [4.78, 5) is 27.0. The number of rotatable bonds is 9. The van der Waals surface area contributed by atoms with Crippen LogP contribution in [-0.4, -0.2) is 42.3 Å². The van der Waals surface area contributed by atoms with Crippen LogP contribution in [0.3, 0.4) is 0 Å². The van der Waals surface area contributed by atoms with Crippen LogP contribution in [-0.2, 0) is 16.0 Å². The molecule has 0 radical (unpaired) electrons. The van der Waals surface area contributed by atoms with Crippen molar-refractivity contribution in [2.75, 3.05) is 19.3 Å². The fourth-order valence-electron chi connectivity index (χ4n) is 4.71. The summed E-state index contributed by atoms with van der Waals surface area (Å²) in [7, 11) is 0. The second-order valence-corrected chi connectivity index (χ2v) is 12.2. The molecule has 196 valence electrons. The maximum atomic E-state index is 13.2. The predicted octanol–water partition coefficient (Wildman–Crippen LogP) is 6.18. The standard InChI is InChI=1S/C30H41NO4S/c1-19-15-21(16-20(2)27(19)34-30(6,7)28(33)35-29(3,4)5)9-10-23-17-31-18-25(23)26(32)22-11-13-24(36-8)14-12-22/h11-16,23,25,31H,9-10,17-18H2,1-8H3. The number of thioether (sulfide) groups is 1. The SMILES string of the molecule is CSc1ccc(C(=O)C2CNCC2CCc2cc(C)c(OC(C)(C)C(=O)OC(C)(C)C)c(C)c2)cc1. The van der Waals surface area contributed by atoms with Gasteiger partial charge in [0.15, 0.2) is 11.4 Å². The quantitative estimate of drug-likeness (QED) is 0.247. The van der Waals surface area contributed by atoms with Crippen LogP contribution in [0.15, 0.2) is 41.3 Å². The molecule has 0 saturated carbocycles. The van der Waals surface area contributed by atoms with Gasteiger partial charge in [0.25, 0.3) is 0 Å². The number of hydrogen-bond donors (Lipinski definition) is 1. The molecule has 1 aliphatic heterocycles. The van der Waals surface area contributed by atoms with Gasteiger partial charge in [0, 0.05) is 22.9 Å². The number of nitrogens with one attached hydrogen (secondary N) is 1. The molecule has 1 saturated heterocycles. The number of hydrogen-bond acceptors (Lipinski definition) is 6. The van der Waals surface area contributed by atoms with Crippen molar-refractivity contribution in [2.24, 2.45) is 11.8 Å². The van der Waals surface area contributed by atoms with Gasteiger partial charge in [-0.15, -0.1) is 11.8 Å². The van der Waals surface area contributed by atoms with Gasteiger partial charge < -0.3 is 14.8 Å². The Kier molecular flexibility index (Phi) is 8.94. The first-order chi connectivity index (χ1) is 16.8. The monoisotopic (exact) mass is 511 g/mol. The molecule has 1 fully saturated rings. The van der Waals surface area contributed by atoms with Crippen LogP contribution < -0.4 is 10.1 Å². The summed E-state index contributed by atoms with van der Waals surface area (Å²) in [5.41, 5.74) is 2.34. The summed E-state index contributed by atoms with van der Waals surface area (Å²) < 4.78 is 11.7. The van der Waals surface area contributed by atoms with Crippen molar-refractivity contribution >= 4 is 23.5 Å². The number of ether oxygens (including phenoxy) is 2. The molecule has 0 aliphatic carbocycles. The first kappa shape index (κ1) is 28.3. The first-order valence-corrected chi connectivity index (χ1v) is 13.9. The zero-order chi connectivity index (χ0) is 26.7. The van der Waals surface area contributed by atoms with Gasteiger partial charge in [-0.25, -0.2) is 4.79 Å². The van der Waals surface area contributed by atoms with Crippen LogP contribution in [0, 0.1) is 25.7 Å². The number of esters is 1. The molecule has 2 aromatic carbocycles. The fourth-order valence-corrected chi connectivity index (χ4v) is 5.12. The Bertz CT molecular complexity index is 1060. The van der Waals surface area contributed by atoms with Gasteiger partial charge in [0.1, 0.15) is 11.4 Å². The van der Waals surface area contributed by atoms with Crippen molar-refractivity contribution in [3.63, 3.8) is 0 Å². The number of aryl methyl sites for hydroxylation is 3. The molecule has 1 aliphatic rings. The van der Waals surface area contributed by atoms with Crippen LogP contribution in [0.5, 0.6) is 5.75 Å². The van der Waals surface area contributed by atoms with Gasteiger partial charge in [-0.1, -0.05) is 24.3 Å². The van der Waals surface area contributed by atoms with E-state index in [0.29, 0.717) is 5.92 Å². The smallest absolute Gasteiger partial charge is 0.350 e. The van der Waals surface area contributed by atoms with E-state index in [1.54, 1.807) is 25.6 Å². The van der Waals surface area contributed by atoms with Crippen molar-refractivity contribution in [3.8, 4) is 5.75 Å². The molecule has 0 spiro atoms. The van der Waals surface area contributed by atoms with E-state index in [1.807, 2.05) is 65.1 Å². The highest BCUT2D eigenvalue weighted by atomic mass is 32.2. The Hall–Kier alpha value is -2.31. The lowest BCUT2D eigenvalue weighted by molar-refractivity contribution is -0.171. The van der Waals surface area contributed by atoms with E-state index >= 15 is 0 Å². The highest BCUT2D eigenvalue weighted by molar-refractivity contribution is 7.98. The first-order valence-electron chi connectivity index (χ1n) is 12.7. The van der Waals surface area contributed by atoms with Gasteiger partial charge in [0.05, 0.1) is 0 Å². The normalized spacial score (nSPS) is 18.2. The molecule has 2 unspecified atom stereocenters. The molecule has 3 rings (SSSR count). The average Bonchev–Trinajstić information content (AvgIpc) is 3.27. The third-order valence-corrected chi connectivity index (χ3v) is 7.37. The largest absolute Gasteiger partial charge is 0.476 e. The number of ketones is 1. The second-order valence-electron chi connectivity index (χ2n) is 11.3. The molecular formula is C30H41NO4S. The number of benzene rings is 2. The van der Waals surface area contributed by atoms with Crippen LogP contribution >= 0.6 is 11.8 Å². The van der Waals surface area contributed by atoms with E-state index in [1.165, 1.54) is 10.5 Å². The van der Waals surface area contributed by atoms with E-state index in [9.17, 15) is 9.59 Å². The number of Topliss-reactive ketones (excluding diaryl/α,β-unsaturated/α-hetero) is 1. The zero-order valence-electron chi connectivity index (χ0n) is 23.0. The Morgan fingerprint density at radius 1 is 1.00 bits per heavy atom. The molecule has 2 aromatic rings. The summed E-state index contributed by atoms with van der Waals surface area (Å²) in [6.45, 7) is 14.7. The molecule has 5 nitrogen and oxygen atoms in total. The highest BCUT2D eigenvalue weighted by Gasteiger charge is 2.36. The molecule has 2 atom stereocenters. The van der Waals surface area contributed by atoms with Crippen LogP contribution in [0.4, 0.5) is 0 Å². The van der Waals surface area contributed by atoms with E-state index in [4.69, 9.17) is 9.47 Å². The van der Waals surface area contributed by atoms with Crippen molar-refractivity contribution in [2.45, 2.75) is 77.4 Å². The minimum absolute atomic E-state index is 0.00422. The maximum Gasteiger partial charge on any atom is 0.350 e. The van der Waals surface area contributed by atoms with E-state index < -0.39 is 11.2 Å². The van der Waals surface area contributed by atoms with E-state index in [0.717, 1.165) is 48.4 Å². The van der Waals surface area contributed by atoms with Crippen LogP contribution in [0.2, 0.25) is 0 Å². The average molecular weight is 512 g/mol. The molecule has 0 amide bonds. The Morgan fingerprint density at radius 2 is 1.61 bits per heavy atom. The Labute approximate surface area is 220 Å². The summed E-state index contributed by atoms with van der Waals surface area (Å²) in [6.07, 6.45) is 3.87. The highest BCUT2D eigenvalue weighted by Crippen LogP contribution is 2.32. The third-order valence-electron chi connectivity index (χ3n) is 6.62. The van der Waals surface area contributed by atoms with Crippen molar-refractivity contribution in [3.05, 3.63) is 58.7 Å². The maximum absolute atomic E-state index is 13.2. The van der Waals surface area contributed by atoms with E-state index in [-0.39, 0.29) is 17.7 Å². The second kappa shape index (κ2) is 11.4. The van der Waals surface area contributed by atoms with Crippen molar-refractivity contribution in [1.82, 2.24) is 5.32 Å². The molecule has 0 aromatic heterocycles. The minimum atomic E-state index is -1.10. The molecular weight excluding hydrogens is 470 g/mol. The summed E-state index contributed by atoms with van der Waals surface area (Å²) in [5, 5.41) is 3.43. The van der Waals surface area contributed by atoms with Crippen LogP contribution in [0.25, 0.3) is 0 Å². The lowest BCUT2D eigenvalue weighted by atomic mass is 9.84. The molecule has 1 N–H and O–H groups in total. The van der Waals surface area contributed by atoms with Gasteiger partial charge in [-0.2, -0.15) is 0 Å². The lowest BCUT2D eigenvalue weighted by Crippen LogP contribution is -2.43. The Balaban J connectivity index is 1.66. The van der Waals surface area contributed by atoms with Gasteiger partial charge in [0.2, 0.25) is 0 Å². The molecule has 36 heavy (non-hydrogen) atoms. The molecule has 1 heterocycles. The summed E-state index contributed by atoms with van der Waals surface area (Å²) >= 11 is 1.68. The van der Waals surface area contributed by atoms with Gasteiger partial charge in [-0.05, 0) is 109 Å². The Morgan fingerprint density at radius 3 is 2.17 bits per heavy atom. The zero-order valence-corrected chi connectivity index (χ0v) is 23.8. The minimum Gasteiger partial charge on any atom is -0.476 e. The predicted molar refractivity (Wildman–Crippen MR) is 147 cm³/mol. The third kappa shape index (κ3) is 7.13. The van der Waals surface area contributed by atoms with Crippen molar-refractivity contribution < 1.29 is 19.1 Å². The number of carbonyl (C=O) groups excluding carboxylic acids is 2.